The minimum absolute atomic E-state index is 0.00274. The lowest BCUT2D eigenvalue weighted by atomic mass is 9.95. The average Bonchev–Trinajstić information content (AvgIpc) is 3.15. The first-order valence-corrected chi connectivity index (χ1v) is 10.6. The van der Waals surface area contributed by atoms with Gasteiger partial charge in [-0.25, -0.2) is 4.98 Å². The number of piperidine rings is 1. The molecule has 0 bridgehead atoms. The van der Waals surface area contributed by atoms with Gasteiger partial charge < -0.3 is 19.1 Å². The van der Waals surface area contributed by atoms with Gasteiger partial charge >= 0.3 is 0 Å². The molecule has 1 saturated heterocycles. The molecule has 2 aromatic carbocycles. The Hall–Kier alpha value is -3.35. The summed E-state index contributed by atoms with van der Waals surface area (Å²) in [4.78, 5) is 33.5. The number of carbonyl (C=O) groups excluding carboxylic acids is 2. The van der Waals surface area contributed by atoms with Gasteiger partial charge in [-0.2, -0.15) is 0 Å². The predicted molar refractivity (Wildman–Crippen MR) is 119 cm³/mol. The van der Waals surface area contributed by atoms with E-state index in [4.69, 9.17) is 9.72 Å². The number of ether oxygens (including phenoxy) is 1. The van der Waals surface area contributed by atoms with Gasteiger partial charge in [0.15, 0.2) is 0 Å². The van der Waals surface area contributed by atoms with Crippen molar-refractivity contribution in [2.24, 2.45) is 5.92 Å². The number of nitrogens with zero attached hydrogens (tertiary/aromatic N) is 4. The minimum Gasteiger partial charge on any atom is -0.486 e. The Kier molecular flexibility index (Phi) is 6.21. The van der Waals surface area contributed by atoms with Crippen LogP contribution >= 0.6 is 0 Å². The Balaban J connectivity index is 1.47. The number of hydrogen-bond donors (Lipinski definition) is 0. The van der Waals surface area contributed by atoms with E-state index in [1.807, 2.05) is 64.1 Å². The third-order valence-corrected chi connectivity index (χ3v) is 5.78. The maximum atomic E-state index is 13.1. The smallest absolute Gasteiger partial charge is 0.242 e. The van der Waals surface area contributed by atoms with E-state index < -0.39 is 0 Å². The third-order valence-electron chi connectivity index (χ3n) is 5.78. The highest BCUT2D eigenvalue weighted by atomic mass is 16.5. The summed E-state index contributed by atoms with van der Waals surface area (Å²) < 4.78 is 7.84. The number of imidazole rings is 1. The van der Waals surface area contributed by atoms with Gasteiger partial charge in [0.05, 0.1) is 11.0 Å². The third kappa shape index (κ3) is 4.71. The van der Waals surface area contributed by atoms with E-state index in [-0.39, 0.29) is 30.9 Å². The number of carbonyl (C=O) groups is 2. The second kappa shape index (κ2) is 9.20. The van der Waals surface area contributed by atoms with Crippen molar-refractivity contribution < 1.29 is 14.3 Å². The molecule has 31 heavy (non-hydrogen) atoms. The molecule has 0 radical (unpaired) electrons. The first kappa shape index (κ1) is 20.9. The molecular weight excluding hydrogens is 392 g/mol. The molecule has 2 amide bonds. The van der Waals surface area contributed by atoms with Crippen LogP contribution in [0.2, 0.25) is 0 Å². The highest BCUT2D eigenvalue weighted by Crippen LogP contribution is 2.22. The van der Waals surface area contributed by atoms with Crippen LogP contribution < -0.4 is 4.74 Å². The van der Waals surface area contributed by atoms with Crippen molar-refractivity contribution in [1.82, 2.24) is 19.4 Å². The Bertz CT molecular complexity index is 1050. The fraction of sp³-hybridized carbons (Fsp3) is 0.375. The Morgan fingerprint density at radius 3 is 2.42 bits per heavy atom. The zero-order valence-corrected chi connectivity index (χ0v) is 18.0. The number of likely N-dealkylation sites (tertiary alicyclic amines) is 1. The van der Waals surface area contributed by atoms with Crippen LogP contribution in [-0.2, 0) is 22.7 Å². The summed E-state index contributed by atoms with van der Waals surface area (Å²) in [5, 5.41) is 0. The molecule has 0 N–H and O–H groups in total. The van der Waals surface area contributed by atoms with Crippen LogP contribution in [0.5, 0.6) is 5.75 Å². The summed E-state index contributed by atoms with van der Waals surface area (Å²) in [6.07, 6.45) is 1.41. The molecule has 7 nitrogen and oxygen atoms in total. The number of para-hydroxylation sites is 3. The lowest BCUT2D eigenvalue weighted by molar-refractivity contribution is -0.139. The molecule has 0 spiro atoms. The van der Waals surface area contributed by atoms with E-state index in [0.717, 1.165) is 22.6 Å². The monoisotopic (exact) mass is 420 g/mol. The number of aromatic nitrogens is 2. The van der Waals surface area contributed by atoms with E-state index in [1.165, 1.54) is 0 Å². The SMILES string of the molecule is CN(C)C(=O)C1CCN(C(=O)Cn2c(COc3ccccc3)nc3ccccc32)CC1. The van der Waals surface area contributed by atoms with Gasteiger partial charge in [-0.15, -0.1) is 0 Å². The van der Waals surface area contributed by atoms with Gasteiger partial charge in [0.2, 0.25) is 11.8 Å². The van der Waals surface area contributed by atoms with Gasteiger partial charge in [0.1, 0.15) is 24.7 Å². The maximum Gasteiger partial charge on any atom is 0.242 e. The average molecular weight is 421 g/mol. The number of benzene rings is 2. The molecule has 1 aliphatic heterocycles. The van der Waals surface area contributed by atoms with Crippen molar-refractivity contribution in [3.8, 4) is 5.75 Å². The lowest BCUT2D eigenvalue weighted by Gasteiger charge is -2.32. The summed E-state index contributed by atoms with van der Waals surface area (Å²) >= 11 is 0. The van der Waals surface area contributed by atoms with Crippen molar-refractivity contribution in [2.45, 2.75) is 26.0 Å². The number of rotatable bonds is 6. The second-order valence-corrected chi connectivity index (χ2v) is 8.09. The van der Waals surface area contributed by atoms with Crippen LogP contribution in [0.1, 0.15) is 18.7 Å². The molecule has 0 atom stereocenters. The van der Waals surface area contributed by atoms with Crippen LogP contribution in [0.15, 0.2) is 54.6 Å². The van der Waals surface area contributed by atoms with E-state index >= 15 is 0 Å². The Morgan fingerprint density at radius 1 is 1.03 bits per heavy atom. The van der Waals surface area contributed by atoms with Crippen LogP contribution in [0.25, 0.3) is 11.0 Å². The van der Waals surface area contributed by atoms with Gasteiger partial charge in [-0.3, -0.25) is 9.59 Å². The van der Waals surface area contributed by atoms with Crippen LogP contribution in [0.4, 0.5) is 0 Å². The van der Waals surface area contributed by atoms with Crippen LogP contribution in [0, 0.1) is 5.92 Å². The van der Waals surface area contributed by atoms with Crippen LogP contribution in [-0.4, -0.2) is 58.4 Å². The molecular formula is C24H28N4O3. The van der Waals surface area contributed by atoms with E-state index in [0.29, 0.717) is 25.9 Å². The first-order valence-electron chi connectivity index (χ1n) is 10.6. The summed E-state index contributed by atoms with van der Waals surface area (Å²) in [5.41, 5.74) is 1.76. The quantitative estimate of drug-likeness (QED) is 0.615. The fourth-order valence-electron chi connectivity index (χ4n) is 4.05. The molecule has 1 aliphatic rings. The molecule has 7 heteroatoms. The molecule has 1 aromatic heterocycles. The normalized spacial score (nSPS) is 14.6. The van der Waals surface area contributed by atoms with Gasteiger partial charge in [-0.1, -0.05) is 30.3 Å². The second-order valence-electron chi connectivity index (χ2n) is 8.09. The molecule has 4 rings (SSSR count). The van der Waals surface area contributed by atoms with Crippen molar-refractivity contribution in [2.75, 3.05) is 27.2 Å². The Morgan fingerprint density at radius 2 is 1.71 bits per heavy atom. The summed E-state index contributed by atoms with van der Waals surface area (Å²) in [5.74, 6) is 1.67. The van der Waals surface area contributed by atoms with Crippen molar-refractivity contribution >= 4 is 22.8 Å². The van der Waals surface area contributed by atoms with Crippen LogP contribution in [0.3, 0.4) is 0 Å². The minimum atomic E-state index is 0.00274. The largest absolute Gasteiger partial charge is 0.486 e. The van der Waals surface area contributed by atoms with Crippen molar-refractivity contribution in [1.29, 1.82) is 0 Å². The highest BCUT2D eigenvalue weighted by molar-refractivity contribution is 5.82. The molecule has 0 aliphatic carbocycles. The van der Waals surface area contributed by atoms with Crippen molar-refractivity contribution in [3.63, 3.8) is 0 Å². The molecule has 162 valence electrons. The summed E-state index contributed by atoms with van der Waals surface area (Å²) in [7, 11) is 3.56. The lowest BCUT2D eigenvalue weighted by Crippen LogP contribution is -2.43. The highest BCUT2D eigenvalue weighted by Gasteiger charge is 2.28. The molecule has 0 saturated carbocycles. The zero-order valence-electron chi connectivity index (χ0n) is 18.0. The van der Waals surface area contributed by atoms with Gasteiger partial charge in [0, 0.05) is 33.1 Å². The topological polar surface area (TPSA) is 67.7 Å². The number of hydrogen-bond acceptors (Lipinski definition) is 4. The first-order chi connectivity index (χ1) is 15.0. The van der Waals surface area contributed by atoms with Gasteiger partial charge in [-0.05, 0) is 37.1 Å². The standard InChI is InChI=1S/C24H28N4O3/c1-26(2)24(30)18-12-14-27(15-13-18)23(29)16-28-21-11-7-6-10-20(21)25-22(28)17-31-19-8-4-3-5-9-19/h3-11,18H,12-17H2,1-2H3. The summed E-state index contributed by atoms with van der Waals surface area (Å²) in [6.45, 7) is 1.70. The number of fused-ring (bicyclic) bond motifs is 1. The Labute approximate surface area is 182 Å². The molecule has 2 heterocycles. The number of amides is 2. The van der Waals surface area contributed by atoms with E-state index in [2.05, 4.69) is 0 Å². The maximum absolute atomic E-state index is 13.1. The van der Waals surface area contributed by atoms with Gasteiger partial charge in [0.25, 0.3) is 0 Å². The molecule has 1 fully saturated rings. The predicted octanol–water partition coefficient (Wildman–Crippen LogP) is 2.94. The van der Waals surface area contributed by atoms with E-state index in [9.17, 15) is 9.59 Å². The molecule has 3 aromatic rings. The zero-order chi connectivity index (χ0) is 21.8. The fourth-order valence-corrected chi connectivity index (χ4v) is 4.05. The van der Waals surface area contributed by atoms with Crippen molar-refractivity contribution in [3.05, 3.63) is 60.4 Å². The van der Waals surface area contributed by atoms with E-state index in [1.54, 1.807) is 19.0 Å². The molecule has 0 unspecified atom stereocenters. The summed E-state index contributed by atoms with van der Waals surface area (Å²) in [6, 6.07) is 17.4.